The molecule has 5 heteroatoms. The second-order valence-corrected chi connectivity index (χ2v) is 7.91. The maximum absolute atomic E-state index is 6.40. The number of pyridine rings is 1. The van der Waals surface area contributed by atoms with Gasteiger partial charge in [0.2, 0.25) is 0 Å². The van der Waals surface area contributed by atoms with E-state index >= 15 is 0 Å². The van der Waals surface area contributed by atoms with E-state index in [0.29, 0.717) is 11.3 Å². The third-order valence-electron chi connectivity index (χ3n) is 4.19. The number of thioether (sulfide) groups is 1. The lowest BCUT2D eigenvalue weighted by atomic mass is 10.2. The van der Waals surface area contributed by atoms with Crippen LogP contribution in [0.25, 0.3) is 11.2 Å². The first-order chi connectivity index (χ1) is 10.1. The van der Waals surface area contributed by atoms with E-state index in [-0.39, 0.29) is 5.38 Å². The molecule has 0 aromatic carbocycles. The van der Waals surface area contributed by atoms with E-state index in [4.69, 9.17) is 21.6 Å². The normalized spacial score (nSPS) is 23.8. The molecule has 1 saturated carbocycles. The van der Waals surface area contributed by atoms with E-state index < -0.39 is 0 Å². The summed E-state index contributed by atoms with van der Waals surface area (Å²) in [5.41, 5.74) is 3.01. The van der Waals surface area contributed by atoms with Crippen molar-refractivity contribution >= 4 is 34.5 Å². The van der Waals surface area contributed by atoms with Crippen LogP contribution in [-0.2, 0) is 0 Å². The van der Waals surface area contributed by atoms with Gasteiger partial charge in [0.05, 0.1) is 5.38 Å². The van der Waals surface area contributed by atoms with Crippen LogP contribution in [0.2, 0.25) is 0 Å². The molecule has 21 heavy (non-hydrogen) atoms. The lowest BCUT2D eigenvalue weighted by Crippen LogP contribution is -2.19. The maximum Gasteiger partial charge on any atom is 0.160 e. The molecule has 1 aliphatic rings. The van der Waals surface area contributed by atoms with Crippen molar-refractivity contribution in [2.24, 2.45) is 0 Å². The zero-order valence-electron chi connectivity index (χ0n) is 12.8. The molecule has 0 spiro atoms. The molecule has 0 N–H and O–H groups in total. The van der Waals surface area contributed by atoms with E-state index in [9.17, 15) is 0 Å². The lowest BCUT2D eigenvalue weighted by molar-refractivity contribution is 0.516. The molecule has 1 aliphatic carbocycles. The largest absolute Gasteiger partial charge is 0.307 e. The second kappa shape index (κ2) is 6.17. The Balaban J connectivity index is 2.14. The zero-order valence-corrected chi connectivity index (χ0v) is 14.4. The van der Waals surface area contributed by atoms with E-state index in [1.165, 1.54) is 19.3 Å². The van der Waals surface area contributed by atoms with Crippen molar-refractivity contribution in [2.75, 3.05) is 5.75 Å². The molecule has 0 amide bonds. The van der Waals surface area contributed by atoms with Crippen molar-refractivity contribution in [1.82, 2.24) is 14.5 Å². The highest BCUT2D eigenvalue weighted by Crippen LogP contribution is 2.41. The van der Waals surface area contributed by atoms with Gasteiger partial charge < -0.3 is 4.57 Å². The lowest BCUT2D eigenvalue weighted by Gasteiger charge is -2.23. The third kappa shape index (κ3) is 2.80. The van der Waals surface area contributed by atoms with Gasteiger partial charge in [0.1, 0.15) is 11.3 Å². The van der Waals surface area contributed by atoms with E-state index in [1.807, 2.05) is 19.9 Å². The van der Waals surface area contributed by atoms with Gasteiger partial charge in [-0.3, -0.25) is 0 Å². The van der Waals surface area contributed by atoms with Crippen molar-refractivity contribution < 1.29 is 0 Å². The van der Waals surface area contributed by atoms with Gasteiger partial charge >= 0.3 is 0 Å². The van der Waals surface area contributed by atoms with Crippen LogP contribution in [0.15, 0.2) is 12.1 Å². The molecule has 3 unspecified atom stereocenters. The van der Waals surface area contributed by atoms with Crippen molar-refractivity contribution in [3.63, 3.8) is 0 Å². The molecule has 2 heterocycles. The minimum absolute atomic E-state index is 0.0904. The number of fused-ring (bicyclic) bond motifs is 1. The van der Waals surface area contributed by atoms with E-state index in [1.54, 1.807) is 0 Å². The number of nitrogens with zero attached hydrogens (tertiary/aromatic N) is 3. The molecule has 0 bridgehead atoms. The quantitative estimate of drug-likeness (QED) is 0.751. The summed E-state index contributed by atoms with van der Waals surface area (Å²) in [7, 11) is 0. The summed E-state index contributed by atoms with van der Waals surface area (Å²) in [6.45, 7) is 6.27. The molecule has 1 fully saturated rings. The molecule has 114 valence electrons. The first-order valence-electron chi connectivity index (χ1n) is 7.73. The minimum Gasteiger partial charge on any atom is -0.307 e. The number of hydrogen-bond acceptors (Lipinski definition) is 3. The monoisotopic (exact) mass is 323 g/mol. The topological polar surface area (TPSA) is 30.7 Å². The summed E-state index contributed by atoms with van der Waals surface area (Å²) in [4.78, 5) is 9.50. The Hall–Kier alpha value is -0.740. The maximum atomic E-state index is 6.40. The van der Waals surface area contributed by atoms with Crippen molar-refractivity contribution in [1.29, 1.82) is 0 Å². The standard InChI is InChI=1S/C16H22ClN3S/c1-4-21-14-7-5-6-13(14)20-15(11(3)17)19-12-9-8-10(2)18-16(12)20/h8-9,11,13-14H,4-7H2,1-3H3. The Morgan fingerprint density at radius 2 is 2.19 bits per heavy atom. The minimum atomic E-state index is -0.0904. The number of halogens is 1. The van der Waals surface area contributed by atoms with Crippen LogP contribution in [0.4, 0.5) is 0 Å². The fourth-order valence-corrected chi connectivity index (χ4v) is 4.70. The molecule has 0 radical (unpaired) electrons. The molecule has 2 aromatic rings. The Morgan fingerprint density at radius 3 is 2.90 bits per heavy atom. The second-order valence-electron chi connectivity index (χ2n) is 5.74. The molecule has 3 nitrogen and oxygen atoms in total. The number of alkyl halides is 1. The predicted octanol–water partition coefficient (Wildman–Crippen LogP) is 4.89. The molecule has 3 rings (SSSR count). The Labute approximate surface area is 135 Å². The fourth-order valence-electron chi connectivity index (χ4n) is 3.30. The number of hydrogen-bond donors (Lipinski definition) is 0. The van der Waals surface area contributed by atoms with Crippen molar-refractivity contribution in [2.45, 2.75) is 56.7 Å². The summed E-state index contributed by atoms with van der Waals surface area (Å²) >= 11 is 8.46. The number of imidazole rings is 1. The van der Waals surface area contributed by atoms with E-state index in [0.717, 1.165) is 28.4 Å². The highest BCUT2D eigenvalue weighted by atomic mass is 35.5. The van der Waals surface area contributed by atoms with Gasteiger partial charge in [-0.25, -0.2) is 9.97 Å². The SMILES string of the molecule is CCSC1CCCC1n1c(C(C)Cl)nc2ccc(C)nc21. The van der Waals surface area contributed by atoms with Gasteiger partial charge in [0, 0.05) is 17.0 Å². The molecule has 2 aromatic heterocycles. The summed E-state index contributed by atoms with van der Waals surface area (Å²) < 4.78 is 2.33. The average molecular weight is 324 g/mol. The van der Waals surface area contributed by atoms with Crippen LogP contribution in [0, 0.1) is 6.92 Å². The fraction of sp³-hybridized carbons (Fsp3) is 0.625. The first kappa shape index (κ1) is 15.2. The van der Waals surface area contributed by atoms with Crippen molar-refractivity contribution in [3.8, 4) is 0 Å². The summed E-state index contributed by atoms with van der Waals surface area (Å²) in [5, 5.41) is 0.566. The average Bonchev–Trinajstić information content (AvgIpc) is 3.02. The highest BCUT2D eigenvalue weighted by molar-refractivity contribution is 7.99. The predicted molar refractivity (Wildman–Crippen MR) is 91.3 cm³/mol. The number of rotatable bonds is 4. The van der Waals surface area contributed by atoms with Gasteiger partial charge in [-0.15, -0.1) is 11.6 Å². The van der Waals surface area contributed by atoms with Gasteiger partial charge in [0.25, 0.3) is 0 Å². The van der Waals surface area contributed by atoms with Gasteiger partial charge in [-0.05, 0) is 44.6 Å². The number of aryl methyl sites for hydroxylation is 1. The van der Waals surface area contributed by atoms with Crippen LogP contribution >= 0.6 is 23.4 Å². The van der Waals surface area contributed by atoms with Crippen LogP contribution in [0.1, 0.15) is 56.0 Å². The van der Waals surface area contributed by atoms with Gasteiger partial charge in [-0.1, -0.05) is 13.3 Å². The summed E-state index contributed by atoms with van der Waals surface area (Å²) in [6.07, 6.45) is 3.77. The van der Waals surface area contributed by atoms with Crippen LogP contribution in [-0.4, -0.2) is 25.5 Å². The van der Waals surface area contributed by atoms with Crippen molar-refractivity contribution in [3.05, 3.63) is 23.7 Å². The first-order valence-corrected chi connectivity index (χ1v) is 9.21. The van der Waals surface area contributed by atoms with Gasteiger partial charge in [-0.2, -0.15) is 11.8 Å². The van der Waals surface area contributed by atoms with Crippen LogP contribution in [0.5, 0.6) is 0 Å². The highest BCUT2D eigenvalue weighted by Gasteiger charge is 2.32. The Kier molecular flexibility index (Phi) is 4.46. The van der Waals surface area contributed by atoms with E-state index in [2.05, 4.69) is 29.3 Å². The van der Waals surface area contributed by atoms with Crippen LogP contribution < -0.4 is 0 Å². The molecular formula is C16H22ClN3S. The Morgan fingerprint density at radius 1 is 1.38 bits per heavy atom. The van der Waals surface area contributed by atoms with Gasteiger partial charge in [0.15, 0.2) is 5.65 Å². The zero-order chi connectivity index (χ0) is 15.0. The summed E-state index contributed by atoms with van der Waals surface area (Å²) in [5.74, 6) is 2.13. The third-order valence-corrected chi connectivity index (χ3v) is 5.70. The molecule has 0 saturated heterocycles. The molecular weight excluding hydrogens is 302 g/mol. The summed E-state index contributed by atoms with van der Waals surface area (Å²) in [6, 6.07) is 4.56. The Bertz CT molecular complexity index is 638. The number of aromatic nitrogens is 3. The molecule has 0 aliphatic heterocycles. The molecule has 3 atom stereocenters. The van der Waals surface area contributed by atoms with Crippen LogP contribution in [0.3, 0.4) is 0 Å². The smallest absolute Gasteiger partial charge is 0.160 e.